The fourth-order valence-corrected chi connectivity index (χ4v) is 3.77. The van der Waals surface area contributed by atoms with E-state index in [9.17, 15) is 43.5 Å². The smallest absolute Gasteiger partial charge is 0.354 e. The topological polar surface area (TPSA) is 59.0 Å². The van der Waals surface area contributed by atoms with E-state index in [2.05, 4.69) is 9.13 Å². The van der Waals surface area contributed by atoms with Crippen LogP contribution in [0.25, 0.3) is 0 Å². The molecule has 0 aliphatic heterocycles. The summed E-state index contributed by atoms with van der Waals surface area (Å²) in [4.78, 5) is 1.25. The van der Waals surface area contributed by atoms with Crippen LogP contribution in [-0.4, -0.2) is 55.1 Å². The van der Waals surface area contributed by atoms with Crippen LogP contribution in [0.4, 0.5) is 35.1 Å². The average molecular weight is 512 g/mol. The molecule has 1 aromatic carbocycles. The molecular formula is C19H24F8N2O3S. The summed E-state index contributed by atoms with van der Waals surface area (Å²) in [6.07, 6.45) is -17.9. The zero-order valence-corrected chi connectivity index (χ0v) is 19.1. The molecule has 0 atom stereocenters. The first-order chi connectivity index (χ1) is 14.7. The van der Waals surface area contributed by atoms with E-state index in [-0.39, 0.29) is 0 Å². The number of benzene rings is 1. The van der Waals surface area contributed by atoms with Crippen molar-refractivity contribution in [2.24, 2.45) is 4.40 Å². The molecular weight excluding hydrogens is 488 g/mol. The van der Waals surface area contributed by atoms with E-state index in [0.29, 0.717) is 5.56 Å². The van der Waals surface area contributed by atoms with Crippen molar-refractivity contribution in [2.45, 2.75) is 77.0 Å². The SMILES string of the molecule is Cc1ccc(C/C(=N/S(=O)(=O)C(F)(F)C(F)(F)OC(F)(F)C(F)F)N(C(C)C)C(C)C)cc1. The van der Waals surface area contributed by atoms with Gasteiger partial charge in [0.15, 0.2) is 0 Å². The predicted octanol–water partition coefficient (Wildman–Crippen LogP) is 5.44. The lowest BCUT2D eigenvalue weighted by molar-refractivity contribution is -0.435. The van der Waals surface area contributed by atoms with Gasteiger partial charge in [0.25, 0.3) is 0 Å². The molecule has 14 heteroatoms. The van der Waals surface area contributed by atoms with Gasteiger partial charge >= 0.3 is 33.9 Å². The highest BCUT2D eigenvalue weighted by Crippen LogP contribution is 2.45. The summed E-state index contributed by atoms with van der Waals surface area (Å²) in [6.45, 7) is 7.95. The average Bonchev–Trinajstić information content (AvgIpc) is 2.61. The maximum Gasteiger partial charge on any atom is 0.455 e. The maximum absolute atomic E-state index is 14.2. The number of alkyl halides is 8. The number of nitrogens with zero attached hydrogens (tertiary/aromatic N) is 2. The van der Waals surface area contributed by atoms with Crippen molar-refractivity contribution in [2.75, 3.05) is 0 Å². The molecule has 33 heavy (non-hydrogen) atoms. The van der Waals surface area contributed by atoms with E-state index in [4.69, 9.17) is 0 Å². The highest BCUT2D eigenvalue weighted by molar-refractivity contribution is 7.91. The Labute approximate surface area is 186 Å². The van der Waals surface area contributed by atoms with Crippen LogP contribution in [0.2, 0.25) is 0 Å². The third kappa shape index (κ3) is 6.78. The van der Waals surface area contributed by atoms with E-state index in [1.54, 1.807) is 46.8 Å². The molecule has 0 aliphatic carbocycles. The Morgan fingerprint density at radius 1 is 0.970 bits per heavy atom. The van der Waals surface area contributed by atoms with Gasteiger partial charge in [-0.2, -0.15) is 34.8 Å². The second kappa shape index (κ2) is 10.1. The number of hydrogen-bond acceptors (Lipinski definition) is 3. The highest BCUT2D eigenvalue weighted by atomic mass is 32.2. The summed E-state index contributed by atoms with van der Waals surface area (Å²) < 4.78 is 136. The van der Waals surface area contributed by atoms with Gasteiger partial charge in [-0.1, -0.05) is 29.8 Å². The van der Waals surface area contributed by atoms with Crippen molar-refractivity contribution in [3.05, 3.63) is 35.4 Å². The van der Waals surface area contributed by atoms with Gasteiger partial charge in [0.1, 0.15) is 5.84 Å². The van der Waals surface area contributed by atoms with E-state index >= 15 is 0 Å². The van der Waals surface area contributed by atoms with Gasteiger partial charge < -0.3 is 4.90 Å². The fraction of sp³-hybridized carbons (Fsp3) is 0.632. The minimum Gasteiger partial charge on any atom is -0.354 e. The Bertz CT molecular complexity index is 925. The molecule has 0 bridgehead atoms. The standard InChI is InChI=1S/C19H24F8N2O3S/c1-11(2)29(12(3)4)15(10-14-8-6-13(5)7-9-14)28-33(30,31)19(26,27)18(24,25)32-17(22,23)16(20)21/h6-9,11-12,16H,10H2,1-5H3/b28-15-. The van der Waals surface area contributed by atoms with Crippen molar-refractivity contribution in [1.29, 1.82) is 0 Å². The fourth-order valence-electron chi connectivity index (χ4n) is 2.87. The molecule has 0 heterocycles. The van der Waals surface area contributed by atoms with E-state index in [1.807, 2.05) is 0 Å². The van der Waals surface area contributed by atoms with Crippen LogP contribution in [0.1, 0.15) is 38.8 Å². The lowest BCUT2D eigenvalue weighted by Gasteiger charge is -2.34. The molecule has 1 rings (SSSR count). The highest BCUT2D eigenvalue weighted by Gasteiger charge is 2.72. The largest absolute Gasteiger partial charge is 0.455 e. The van der Waals surface area contributed by atoms with E-state index in [1.165, 1.54) is 17.0 Å². The second-order valence-corrected chi connectivity index (χ2v) is 9.38. The molecule has 5 nitrogen and oxygen atoms in total. The number of amidine groups is 1. The molecule has 0 unspecified atom stereocenters. The van der Waals surface area contributed by atoms with Gasteiger partial charge in [-0.15, -0.1) is 4.40 Å². The van der Waals surface area contributed by atoms with Crippen LogP contribution in [-0.2, 0) is 21.2 Å². The molecule has 0 saturated carbocycles. The monoisotopic (exact) mass is 512 g/mol. The number of sulfonamides is 1. The Hall–Kier alpha value is -1.96. The van der Waals surface area contributed by atoms with Gasteiger partial charge in [-0.3, -0.25) is 0 Å². The number of rotatable bonds is 10. The normalized spacial score (nSPS) is 14.5. The maximum atomic E-state index is 14.2. The van der Waals surface area contributed by atoms with Crippen LogP contribution >= 0.6 is 0 Å². The van der Waals surface area contributed by atoms with Gasteiger partial charge in [0, 0.05) is 18.5 Å². The summed E-state index contributed by atoms with van der Waals surface area (Å²) in [5.41, 5.74) is 1.20. The number of halogens is 8. The molecule has 0 aromatic heterocycles. The van der Waals surface area contributed by atoms with Crippen molar-refractivity contribution in [3.63, 3.8) is 0 Å². The van der Waals surface area contributed by atoms with Crippen LogP contribution in [0, 0.1) is 6.92 Å². The van der Waals surface area contributed by atoms with E-state index < -0.39 is 58.3 Å². The summed E-state index contributed by atoms with van der Waals surface area (Å²) >= 11 is 0. The summed E-state index contributed by atoms with van der Waals surface area (Å²) in [5, 5.41) is -6.39. The Balaban J connectivity index is 3.57. The van der Waals surface area contributed by atoms with Crippen LogP contribution in [0.15, 0.2) is 28.7 Å². The van der Waals surface area contributed by atoms with Gasteiger partial charge in [0.05, 0.1) is 0 Å². The summed E-state index contributed by atoms with van der Waals surface area (Å²) in [6, 6.07) is 5.21. The van der Waals surface area contributed by atoms with Crippen molar-refractivity contribution in [1.82, 2.24) is 4.90 Å². The molecule has 1 aromatic rings. The minimum atomic E-state index is -6.60. The lowest BCUT2D eigenvalue weighted by atomic mass is 10.1. The molecule has 0 radical (unpaired) electrons. The molecule has 0 spiro atoms. The second-order valence-electron chi connectivity index (χ2n) is 7.74. The predicted molar refractivity (Wildman–Crippen MR) is 105 cm³/mol. The molecule has 0 N–H and O–H groups in total. The van der Waals surface area contributed by atoms with Crippen molar-refractivity contribution < 1.29 is 48.3 Å². The summed E-state index contributed by atoms with van der Waals surface area (Å²) in [7, 11) is -6.60. The molecule has 0 aliphatic rings. The van der Waals surface area contributed by atoms with Crippen molar-refractivity contribution in [3.8, 4) is 0 Å². The van der Waals surface area contributed by atoms with Gasteiger partial charge in [-0.05, 0) is 40.2 Å². The molecule has 0 saturated heterocycles. The third-order valence-corrected chi connectivity index (χ3v) is 5.64. The molecule has 190 valence electrons. The number of aryl methyl sites for hydroxylation is 1. The van der Waals surface area contributed by atoms with Crippen LogP contribution in [0.5, 0.6) is 0 Å². The first-order valence-electron chi connectivity index (χ1n) is 9.54. The summed E-state index contributed by atoms with van der Waals surface area (Å²) in [5.74, 6) is -0.583. The molecule has 0 fully saturated rings. The lowest BCUT2D eigenvalue weighted by Crippen LogP contribution is -2.53. The Kier molecular flexibility index (Phi) is 8.91. The minimum absolute atomic E-state index is 0.386. The van der Waals surface area contributed by atoms with Gasteiger partial charge in [-0.25, -0.2) is 13.5 Å². The van der Waals surface area contributed by atoms with Crippen molar-refractivity contribution >= 4 is 15.9 Å². The zero-order valence-electron chi connectivity index (χ0n) is 18.3. The van der Waals surface area contributed by atoms with Crippen LogP contribution < -0.4 is 0 Å². The number of hydrogen-bond donors (Lipinski definition) is 0. The van der Waals surface area contributed by atoms with Gasteiger partial charge in [0.2, 0.25) is 0 Å². The number of ether oxygens (including phenoxy) is 1. The van der Waals surface area contributed by atoms with Crippen LogP contribution in [0.3, 0.4) is 0 Å². The third-order valence-electron chi connectivity index (χ3n) is 4.30. The first-order valence-corrected chi connectivity index (χ1v) is 11.0. The quantitative estimate of drug-likeness (QED) is 0.238. The first kappa shape index (κ1) is 29.1. The Morgan fingerprint density at radius 2 is 1.42 bits per heavy atom. The zero-order chi connectivity index (χ0) is 26.0. The van der Waals surface area contributed by atoms with E-state index in [0.717, 1.165) is 5.56 Å². The molecule has 0 amide bonds. The Morgan fingerprint density at radius 3 is 1.82 bits per heavy atom.